The molecule has 1 fully saturated rings. The Morgan fingerprint density at radius 3 is 2.55 bits per heavy atom. The van der Waals surface area contributed by atoms with E-state index in [0.717, 1.165) is 40.5 Å². The van der Waals surface area contributed by atoms with Crippen molar-refractivity contribution in [3.05, 3.63) is 103 Å². The van der Waals surface area contributed by atoms with E-state index >= 15 is 0 Å². The van der Waals surface area contributed by atoms with Crippen LogP contribution in [-0.4, -0.2) is 39.4 Å². The molecule has 0 radical (unpaired) electrons. The molecule has 0 saturated carbocycles. The van der Waals surface area contributed by atoms with Crippen LogP contribution >= 0.6 is 0 Å². The molecule has 3 aromatic carbocycles. The van der Waals surface area contributed by atoms with E-state index in [1.165, 1.54) is 5.56 Å². The summed E-state index contributed by atoms with van der Waals surface area (Å²) in [5.41, 5.74) is 4.63. The molecule has 3 heterocycles. The Hall–Kier alpha value is -4.65. The standard InChI is InChI=1S/C31H28N4O3/c36-30(20-35-21-32-27-6-2-3-7-28(27)35)33-25-11-9-22(10-12-25)23-15-17-34(18-16-23)31(37)14-13-26-19-24-5-1-4-8-29(24)38-26/h1-14,19,21,23H,15-18,20H2,(H,33,36)/b14-13+. The molecule has 0 unspecified atom stereocenters. The van der Waals surface area contributed by atoms with Gasteiger partial charge in [0.1, 0.15) is 17.9 Å². The van der Waals surface area contributed by atoms with Gasteiger partial charge in [0.15, 0.2) is 0 Å². The molecule has 7 nitrogen and oxygen atoms in total. The zero-order chi connectivity index (χ0) is 25.9. The normalized spacial score (nSPS) is 14.5. The van der Waals surface area contributed by atoms with Crippen LogP contribution < -0.4 is 5.32 Å². The zero-order valence-corrected chi connectivity index (χ0v) is 20.9. The van der Waals surface area contributed by atoms with E-state index < -0.39 is 0 Å². The Bertz CT molecular complexity index is 1590. The SMILES string of the molecule is O=C(Cn1cnc2ccccc21)Nc1ccc(C2CCN(C(=O)/C=C/c3cc4ccccc4o3)CC2)cc1. The van der Waals surface area contributed by atoms with E-state index in [9.17, 15) is 9.59 Å². The van der Waals surface area contributed by atoms with Crippen LogP contribution in [0.5, 0.6) is 0 Å². The van der Waals surface area contributed by atoms with Gasteiger partial charge in [0, 0.05) is 30.2 Å². The quantitative estimate of drug-likeness (QED) is 0.295. The fourth-order valence-corrected chi connectivity index (χ4v) is 5.11. The third-order valence-electron chi connectivity index (χ3n) is 7.15. The zero-order valence-electron chi connectivity index (χ0n) is 20.9. The van der Waals surface area contributed by atoms with E-state index in [4.69, 9.17) is 4.42 Å². The van der Waals surface area contributed by atoms with E-state index in [2.05, 4.69) is 22.4 Å². The number of aromatic nitrogens is 2. The molecule has 0 bridgehead atoms. The summed E-state index contributed by atoms with van der Waals surface area (Å²) in [4.78, 5) is 31.5. The predicted molar refractivity (Wildman–Crippen MR) is 149 cm³/mol. The minimum Gasteiger partial charge on any atom is -0.457 e. The van der Waals surface area contributed by atoms with Crippen LogP contribution in [0.4, 0.5) is 5.69 Å². The molecule has 2 amide bonds. The summed E-state index contributed by atoms with van der Waals surface area (Å²) in [7, 11) is 0. The van der Waals surface area contributed by atoms with Crippen molar-refractivity contribution in [3.63, 3.8) is 0 Å². The van der Waals surface area contributed by atoms with Crippen LogP contribution in [0.2, 0.25) is 0 Å². The molecule has 1 saturated heterocycles. The van der Waals surface area contributed by atoms with Crippen LogP contribution in [0.3, 0.4) is 0 Å². The largest absolute Gasteiger partial charge is 0.457 e. The monoisotopic (exact) mass is 504 g/mol. The summed E-state index contributed by atoms with van der Waals surface area (Å²) in [6, 6.07) is 25.6. The molecule has 7 heteroatoms. The Morgan fingerprint density at radius 1 is 0.974 bits per heavy atom. The van der Waals surface area contributed by atoms with Crippen LogP contribution in [0, 0.1) is 0 Å². The lowest BCUT2D eigenvalue weighted by molar-refractivity contribution is -0.127. The maximum absolute atomic E-state index is 12.7. The second-order valence-electron chi connectivity index (χ2n) is 9.65. The van der Waals surface area contributed by atoms with Crippen LogP contribution in [0.25, 0.3) is 28.1 Å². The first-order valence-electron chi connectivity index (χ1n) is 12.9. The average molecular weight is 505 g/mol. The minimum atomic E-state index is -0.0941. The third-order valence-corrected chi connectivity index (χ3v) is 7.15. The summed E-state index contributed by atoms with van der Waals surface area (Å²) in [5, 5.41) is 4.00. The molecular weight excluding hydrogens is 476 g/mol. The average Bonchev–Trinajstić information content (AvgIpc) is 3.56. The van der Waals surface area contributed by atoms with Crippen molar-refractivity contribution < 1.29 is 14.0 Å². The number of anilines is 1. The maximum Gasteiger partial charge on any atom is 0.246 e. The lowest BCUT2D eigenvalue weighted by Crippen LogP contribution is -2.36. The van der Waals surface area contributed by atoms with E-state index in [-0.39, 0.29) is 18.4 Å². The van der Waals surface area contributed by atoms with Gasteiger partial charge in [-0.1, -0.05) is 42.5 Å². The minimum absolute atomic E-state index is 0.00707. The van der Waals surface area contributed by atoms with E-state index in [1.807, 2.05) is 76.2 Å². The Labute approximate surface area is 220 Å². The molecule has 2 aromatic heterocycles. The summed E-state index contributed by atoms with van der Waals surface area (Å²) >= 11 is 0. The molecule has 1 aliphatic rings. The number of benzene rings is 3. The van der Waals surface area contributed by atoms with Crippen molar-refractivity contribution in [2.24, 2.45) is 0 Å². The number of fused-ring (bicyclic) bond motifs is 2. The summed E-state index contributed by atoms with van der Waals surface area (Å²) < 4.78 is 7.62. The van der Waals surface area contributed by atoms with Gasteiger partial charge in [0.25, 0.3) is 0 Å². The molecule has 0 spiro atoms. The first-order chi connectivity index (χ1) is 18.6. The fourth-order valence-electron chi connectivity index (χ4n) is 5.11. The number of hydrogen-bond donors (Lipinski definition) is 1. The Morgan fingerprint density at radius 2 is 1.74 bits per heavy atom. The molecule has 0 aliphatic carbocycles. The van der Waals surface area contributed by atoms with Crippen molar-refractivity contribution in [2.75, 3.05) is 18.4 Å². The van der Waals surface area contributed by atoms with Crippen LogP contribution in [0.15, 0.2) is 95.7 Å². The summed E-state index contributed by atoms with van der Waals surface area (Å²) in [6.45, 7) is 1.64. The van der Waals surface area contributed by atoms with Gasteiger partial charge in [0.2, 0.25) is 11.8 Å². The third kappa shape index (κ3) is 5.09. The van der Waals surface area contributed by atoms with Gasteiger partial charge in [-0.3, -0.25) is 9.59 Å². The second kappa shape index (κ2) is 10.4. The topological polar surface area (TPSA) is 80.4 Å². The number of imidazole rings is 1. The van der Waals surface area contributed by atoms with Crippen molar-refractivity contribution in [1.82, 2.24) is 14.5 Å². The predicted octanol–water partition coefficient (Wildman–Crippen LogP) is 5.84. The first kappa shape index (κ1) is 23.7. The number of carbonyl (C=O) groups is 2. The highest BCUT2D eigenvalue weighted by Crippen LogP contribution is 2.29. The van der Waals surface area contributed by atoms with Crippen molar-refractivity contribution in [3.8, 4) is 0 Å². The number of nitrogens with one attached hydrogen (secondary N) is 1. The molecule has 5 aromatic rings. The molecule has 0 atom stereocenters. The molecule has 38 heavy (non-hydrogen) atoms. The van der Waals surface area contributed by atoms with E-state index in [0.29, 0.717) is 24.8 Å². The van der Waals surface area contributed by atoms with Gasteiger partial charge in [-0.05, 0) is 66.8 Å². The number of carbonyl (C=O) groups excluding carboxylic acids is 2. The maximum atomic E-state index is 12.7. The van der Waals surface area contributed by atoms with Crippen molar-refractivity contribution in [1.29, 1.82) is 0 Å². The Balaban J connectivity index is 1.00. The van der Waals surface area contributed by atoms with Gasteiger partial charge < -0.3 is 19.2 Å². The highest BCUT2D eigenvalue weighted by molar-refractivity contribution is 5.93. The molecule has 1 aliphatic heterocycles. The van der Waals surface area contributed by atoms with Crippen LogP contribution in [-0.2, 0) is 16.1 Å². The van der Waals surface area contributed by atoms with Gasteiger partial charge in [-0.2, -0.15) is 0 Å². The molecule has 190 valence electrons. The highest BCUT2D eigenvalue weighted by Gasteiger charge is 2.23. The van der Waals surface area contributed by atoms with Crippen LogP contribution in [0.1, 0.15) is 30.1 Å². The van der Waals surface area contributed by atoms with Gasteiger partial charge in [0.05, 0.1) is 17.4 Å². The number of rotatable bonds is 6. The fraction of sp³-hybridized carbons (Fsp3) is 0.194. The lowest BCUT2D eigenvalue weighted by atomic mass is 9.89. The van der Waals surface area contributed by atoms with Crippen molar-refractivity contribution >= 4 is 45.6 Å². The number of nitrogens with zero attached hydrogens (tertiary/aromatic N) is 3. The molecule has 1 N–H and O–H groups in total. The molecular formula is C31H28N4O3. The smallest absolute Gasteiger partial charge is 0.246 e. The first-order valence-corrected chi connectivity index (χ1v) is 12.9. The summed E-state index contributed by atoms with van der Waals surface area (Å²) in [5.74, 6) is 0.983. The molecule has 6 rings (SSSR count). The van der Waals surface area contributed by atoms with Gasteiger partial charge in [-0.15, -0.1) is 0 Å². The highest BCUT2D eigenvalue weighted by atomic mass is 16.3. The van der Waals surface area contributed by atoms with Crippen molar-refractivity contribution in [2.45, 2.75) is 25.3 Å². The Kier molecular flexibility index (Phi) is 6.48. The number of piperidine rings is 1. The van der Waals surface area contributed by atoms with Gasteiger partial charge in [-0.25, -0.2) is 4.98 Å². The van der Waals surface area contributed by atoms with Gasteiger partial charge >= 0.3 is 0 Å². The second-order valence-corrected chi connectivity index (χ2v) is 9.65. The number of furan rings is 1. The van der Waals surface area contributed by atoms with E-state index in [1.54, 1.807) is 18.5 Å². The number of hydrogen-bond acceptors (Lipinski definition) is 4. The number of amides is 2. The number of para-hydroxylation sites is 3. The number of likely N-dealkylation sites (tertiary alicyclic amines) is 1. The lowest BCUT2D eigenvalue weighted by Gasteiger charge is -2.31. The summed E-state index contributed by atoms with van der Waals surface area (Å²) in [6.07, 6.45) is 6.85.